The number of pyridine rings is 1. The SMILES string of the molecule is CC1(C)c2[nH]nc(NC(=O)c3cccnc3NCCCO)c2CN1S(=O)(=O)c1cc(F)cc(F)c1. The lowest BCUT2D eigenvalue weighted by Crippen LogP contribution is -2.40. The molecule has 0 aliphatic carbocycles. The maximum Gasteiger partial charge on any atom is 0.260 e. The Morgan fingerprint density at radius 1 is 1.23 bits per heavy atom. The van der Waals surface area contributed by atoms with Crippen molar-refractivity contribution in [3.8, 4) is 0 Å². The predicted octanol–water partition coefficient (Wildman–Crippen LogP) is 2.57. The van der Waals surface area contributed by atoms with Gasteiger partial charge in [0.25, 0.3) is 5.91 Å². The summed E-state index contributed by atoms with van der Waals surface area (Å²) in [6, 6.07) is 5.28. The Kier molecular flexibility index (Phi) is 6.58. The van der Waals surface area contributed by atoms with Crippen LogP contribution in [-0.4, -0.2) is 52.1 Å². The number of aliphatic hydroxyl groups is 1. The number of hydrogen-bond acceptors (Lipinski definition) is 7. The van der Waals surface area contributed by atoms with Gasteiger partial charge in [0.1, 0.15) is 17.5 Å². The molecular formula is C22H24F2N6O4S. The zero-order valence-electron chi connectivity index (χ0n) is 19.0. The molecule has 1 amide bonds. The minimum absolute atomic E-state index is 0.0156. The number of H-pyrrole nitrogens is 1. The second kappa shape index (κ2) is 9.32. The summed E-state index contributed by atoms with van der Waals surface area (Å²) < 4.78 is 55.1. The number of carbonyl (C=O) groups is 1. The van der Waals surface area contributed by atoms with E-state index in [0.717, 1.165) is 16.4 Å². The molecule has 0 atom stereocenters. The summed E-state index contributed by atoms with van der Waals surface area (Å²) in [5.41, 5.74) is -0.0273. The number of carbonyl (C=O) groups excluding carboxylic acids is 1. The number of nitrogens with one attached hydrogen (secondary N) is 3. The smallest absolute Gasteiger partial charge is 0.260 e. The number of rotatable bonds is 8. The third-order valence-corrected chi connectivity index (χ3v) is 7.74. The molecule has 0 spiro atoms. The molecule has 4 N–H and O–H groups in total. The van der Waals surface area contributed by atoms with Gasteiger partial charge in [-0.3, -0.25) is 9.89 Å². The van der Waals surface area contributed by atoms with Gasteiger partial charge in [-0.25, -0.2) is 22.2 Å². The number of sulfonamides is 1. The molecule has 0 fully saturated rings. The van der Waals surface area contributed by atoms with Crippen LogP contribution in [0.5, 0.6) is 0 Å². The Hall–Kier alpha value is -3.42. The van der Waals surface area contributed by atoms with Crippen LogP contribution in [0.15, 0.2) is 41.4 Å². The fourth-order valence-electron chi connectivity index (χ4n) is 3.97. The van der Waals surface area contributed by atoms with Crippen LogP contribution in [-0.2, 0) is 22.1 Å². The minimum atomic E-state index is -4.29. The molecule has 0 unspecified atom stereocenters. The van der Waals surface area contributed by atoms with Gasteiger partial charge in [-0.2, -0.15) is 9.40 Å². The molecule has 0 bridgehead atoms. The number of halogens is 2. The van der Waals surface area contributed by atoms with E-state index < -0.39 is 38.0 Å². The lowest BCUT2D eigenvalue weighted by Gasteiger charge is -2.30. The normalized spacial score (nSPS) is 15.1. The van der Waals surface area contributed by atoms with Gasteiger partial charge in [0.15, 0.2) is 5.82 Å². The molecule has 3 aromatic rings. The Labute approximate surface area is 200 Å². The zero-order valence-corrected chi connectivity index (χ0v) is 19.8. The highest BCUT2D eigenvalue weighted by atomic mass is 32.2. The maximum absolute atomic E-state index is 13.7. The van der Waals surface area contributed by atoms with E-state index in [-0.39, 0.29) is 24.5 Å². The van der Waals surface area contributed by atoms with E-state index in [4.69, 9.17) is 5.11 Å². The molecule has 10 nitrogen and oxygen atoms in total. The second-order valence-electron chi connectivity index (χ2n) is 8.46. The fourth-order valence-corrected chi connectivity index (χ4v) is 5.74. The average molecular weight is 507 g/mol. The summed E-state index contributed by atoms with van der Waals surface area (Å²) in [5, 5.41) is 21.6. The number of anilines is 2. The first kappa shape index (κ1) is 24.7. The monoisotopic (exact) mass is 506 g/mol. The van der Waals surface area contributed by atoms with Crippen molar-refractivity contribution in [3.63, 3.8) is 0 Å². The number of nitrogens with zero attached hydrogens (tertiary/aromatic N) is 3. The van der Waals surface area contributed by atoms with Gasteiger partial charge in [-0.05, 0) is 44.5 Å². The van der Waals surface area contributed by atoms with Crippen LogP contribution in [0.25, 0.3) is 0 Å². The Balaban J connectivity index is 1.61. The molecule has 1 aliphatic heterocycles. The number of aromatic nitrogens is 3. The van der Waals surface area contributed by atoms with Crippen LogP contribution in [0.1, 0.15) is 41.9 Å². The molecule has 3 heterocycles. The van der Waals surface area contributed by atoms with E-state index in [2.05, 4.69) is 25.8 Å². The van der Waals surface area contributed by atoms with Gasteiger partial charge in [-0.15, -0.1) is 0 Å². The van der Waals surface area contributed by atoms with Crippen molar-refractivity contribution in [1.29, 1.82) is 0 Å². The van der Waals surface area contributed by atoms with Gasteiger partial charge < -0.3 is 15.7 Å². The number of aromatic amines is 1. The van der Waals surface area contributed by atoms with Gasteiger partial charge in [-0.1, -0.05) is 0 Å². The van der Waals surface area contributed by atoms with Crippen LogP contribution >= 0.6 is 0 Å². The molecule has 1 aromatic carbocycles. The van der Waals surface area contributed by atoms with Crippen LogP contribution in [0.3, 0.4) is 0 Å². The zero-order chi connectivity index (χ0) is 25.4. The molecule has 186 valence electrons. The molecule has 4 rings (SSSR count). The van der Waals surface area contributed by atoms with Crippen molar-refractivity contribution in [2.75, 3.05) is 23.8 Å². The third-order valence-electron chi connectivity index (χ3n) is 5.74. The maximum atomic E-state index is 13.7. The van der Waals surface area contributed by atoms with Crippen molar-refractivity contribution >= 4 is 27.6 Å². The van der Waals surface area contributed by atoms with Crippen LogP contribution in [0.2, 0.25) is 0 Å². The minimum Gasteiger partial charge on any atom is -0.396 e. The fraction of sp³-hybridized carbons (Fsp3) is 0.318. The van der Waals surface area contributed by atoms with Gasteiger partial charge in [0, 0.05) is 37.5 Å². The lowest BCUT2D eigenvalue weighted by atomic mass is 10.0. The number of amides is 1. The van der Waals surface area contributed by atoms with E-state index in [9.17, 15) is 22.0 Å². The Bertz CT molecular complexity index is 1360. The van der Waals surface area contributed by atoms with E-state index >= 15 is 0 Å². The molecule has 2 aromatic heterocycles. The van der Waals surface area contributed by atoms with Crippen molar-refractivity contribution < 1.29 is 27.1 Å². The topological polar surface area (TPSA) is 140 Å². The standard InChI is InChI=1S/C22H24F2N6O4S/c1-22(2)18-17(12-30(22)35(33,34)15-10-13(23)9-14(24)11-15)20(29-28-18)27-21(32)16-5-3-6-25-19(16)26-7-4-8-31/h3,5-6,9-11,31H,4,7-8,12H2,1-2H3,(H,25,26)(H2,27,28,29,32). The number of fused-ring (bicyclic) bond motifs is 1. The molecular weight excluding hydrogens is 482 g/mol. The first-order valence-corrected chi connectivity index (χ1v) is 12.2. The summed E-state index contributed by atoms with van der Waals surface area (Å²) in [5.74, 6) is -2.08. The molecule has 1 aliphatic rings. The van der Waals surface area contributed by atoms with Crippen molar-refractivity contribution in [3.05, 3.63) is 65.0 Å². The molecule has 35 heavy (non-hydrogen) atoms. The number of benzene rings is 1. The molecule has 0 radical (unpaired) electrons. The van der Waals surface area contributed by atoms with E-state index in [1.807, 2.05) is 0 Å². The first-order chi connectivity index (χ1) is 16.6. The van der Waals surface area contributed by atoms with Crippen LogP contribution in [0.4, 0.5) is 20.4 Å². The van der Waals surface area contributed by atoms with E-state index in [1.165, 1.54) is 6.20 Å². The summed E-state index contributed by atoms with van der Waals surface area (Å²) in [6.45, 7) is 3.47. The van der Waals surface area contributed by atoms with Gasteiger partial charge in [0.05, 0.1) is 21.7 Å². The lowest BCUT2D eigenvalue weighted by molar-refractivity contribution is 0.102. The van der Waals surface area contributed by atoms with Gasteiger partial charge >= 0.3 is 0 Å². The first-order valence-electron chi connectivity index (χ1n) is 10.7. The highest BCUT2D eigenvalue weighted by Crippen LogP contribution is 2.43. The summed E-state index contributed by atoms with van der Waals surface area (Å²) in [7, 11) is -4.29. The third kappa shape index (κ3) is 4.61. The largest absolute Gasteiger partial charge is 0.396 e. The molecule has 0 saturated carbocycles. The van der Waals surface area contributed by atoms with Crippen molar-refractivity contribution in [1.82, 2.24) is 19.5 Å². The summed E-state index contributed by atoms with van der Waals surface area (Å²) >= 11 is 0. The number of hydrogen-bond donors (Lipinski definition) is 4. The van der Waals surface area contributed by atoms with Crippen molar-refractivity contribution in [2.45, 2.75) is 37.2 Å². The van der Waals surface area contributed by atoms with Crippen LogP contribution in [0, 0.1) is 11.6 Å². The molecule has 0 saturated heterocycles. The van der Waals surface area contributed by atoms with Crippen LogP contribution < -0.4 is 10.6 Å². The Morgan fingerprint density at radius 2 is 1.94 bits per heavy atom. The van der Waals surface area contributed by atoms with E-state index in [0.29, 0.717) is 36.1 Å². The van der Waals surface area contributed by atoms with Gasteiger partial charge in [0.2, 0.25) is 10.0 Å². The van der Waals surface area contributed by atoms with Crippen molar-refractivity contribution in [2.24, 2.45) is 0 Å². The summed E-state index contributed by atoms with van der Waals surface area (Å²) in [6.07, 6.45) is 1.99. The second-order valence-corrected chi connectivity index (χ2v) is 10.3. The Morgan fingerprint density at radius 3 is 2.63 bits per heavy atom. The summed E-state index contributed by atoms with van der Waals surface area (Å²) in [4.78, 5) is 16.6. The highest BCUT2D eigenvalue weighted by molar-refractivity contribution is 7.89. The van der Waals surface area contributed by atoms with E-state index in [1.54, 1.807) is 26.0 Å². The quantitative estimate of drug-likeness (QED) is 0.344. The molecule has 13 heteroatoms. The number of aliphatic hydroxyl groups excluding tert-OH is 1. The predicted molar refractivity (Wildman–Crippen MR) is 123 cm³/mol. The average Bonchev–Trinajstić information content (AvgIpc) is 3.32. The highest BCUT2D eigenvalue weighted by Gasteiger charge is 2.48.